The quantitative estimate of drug-likeness (QED) is 0.0955. The maximum atomic E-state index is 13.2. The Hall–Kier alpha value is -4.22. The Bertz CT molecular complexity index is 1620. The second-order valence-electron chi connectivity index (χ2n) is 8.59. The number of pyridine rings is 1. The summed E-state index contributed by atoms with van der Waals surface area (Å²) in [7, 11) is 0. The highest BCUT2D eigenvalue weighted by Gasteiger charge is 2.54. The van der Waals surface area contributed by atoms with Crippen LogP contribution in [0.25, 0.3) is 11.2 Å². The van der Waals surface area contributed by atoms with Crippen LogP contribution in [0.3, 0.4) is 0 Å². The van der Waals surface area contributed by atoms with Gasteiger partial charge in [0.05, 0.1) is 6.20 Å². The van der Waals surface area contributed by atoms with Gasteiger partial charge in [-0.05, 0) is 24.0 Å². The van der Waals surface area contributed by atoms with E-state index in [2.05, 4.69) is 25.4 Å². The first kappa shape index (κ1) is 27.4. The van der Waals surface area contributed by atoms with Crippen molar-refractivity contribution in [3.63, 3.8) is 0 Å². The summed E-state index contributed by atoms with van der Waals surface area (Å²) in [5, 5.41) is 24.5. The summed E-state index contributed by atoms with van der Waals surface area (Å²) in [5.41, 5.74) is 6.75. The molecule has 18 heteroatoms. The van der Waals surface area contributed by atoms with Gasteiger partial charge in [-0.25, -0.2) is 19.1 Å². The SMILES string of the molecule is C[C@H](O/N=C(\C(=O)N[C@@H]1C(=O)N2C(C(=O)O)=C(C[n+]3cccc4[nH]cnc43)CSC12)c1nc(N)sc1Cl)C(=O)O. The first-order chi connectivity index (χ1) is 19.1. The van der Waals surface area contributed by atoms with Crippen LogP contribution in [0.5, 0.6) is 0 Å². The van der Waals surface area contributed by atoms with E-state index in [0.29, 0.717) is 11.2 Å². The van der Waals surface area contributed by atoms with E-state index >= 15 is 0 Å². The number of anilines is 1. The number of nitrogens with zero attached hydrogens (tertiary/aromatic N) is 5. The maximum Gasteiger partial charge on any atom is 0.352 e. The third-order valence-corrected chi connectivity index (χ3v) is 8.46. The number of nitrogens with two attached hydrogens (primary N) is 1. The van der Waals surface area contributed by atoms with Crippen LogP contribution in [0, 0.1) is 0 Å². The molecule has 2 amide bonds. The Morgan fingerprint density at radius 2 is 2.20 bits per heavy atom. The molecule has 6 N–H and O–H groups in total. The van der Waals surface area contributed by atoms with E-state index in [0.717, 1.165) is 21.8 Å². The third kappa shape index (κ3) is 4.93. The number of thiazole rings is 1. The van der Waals surface area contributed by atoms with Crippen LogP contribution in [-0.4, -0.2) is 82.8 Å². The minimum Gasteiger partial charge on any atom is -0.478 e. The number of aliphatic carboxylic acids is 2. The molecule has 0 saturated carbocycles. The number of nitrogen functional groups attached to an aromatic ring is 1. The number of nitrogens with one attached hydrogen (secondary N) is 2. The van der Waals surface area contributed by atoms with E-state index in [4.69, 9.17) is 27.3 Å². The van der Waals surface area contributed by atoms with Gasteiger partial charge in [-0.3, -0.25) is 14.5 Å². The first-order valence-corrected chi connectivity index (χ1v) is 13.7. The molecule has 40 heavy (non-hydrogen) atoms. The number of aromatic nitrogens is 4. The van der Waals surface area contributed by atoms with Crippen LogP contribution < -0.4 is 15.6 Å². The monoisotopic (exact) mass is 607 g/mol. The van der Waals surface area contributed by atoms with Crippen molar-refractivity contribution in [1.29, 1.82) is 0 Å². The van der Waals surface area contributed by atoms with Crippen molar-refractivity contribution in [2.24, 2.45) is 5.16 Å². The molecule has 2 aliphatic rings. The lowest BCUT2D eigenvalue weighted by Crippen LogP contribution is -2.71. The van der Waals surface area contributed by atoms with Gasteiger partial charge in [-0.1, -0.05) is 28.1 Å². The molecule has 3 aromatic rings. The fraction of sp³-hybridized carbons (Fsp3) is 0.273. The molecule has 3 atom stereocenters. The van der Waals surface area contributed by atoms with Gasteiger partial charge in [-0.2, -0.15) is 0 Å². The summed E-state index contributed by atoms with van der Waals surface area (Å²) in [4.78, 5) is 67.1. The van der Waals surface area contributed by atoms with Crippen LogP contribution in [0.2, 0.25) is 4.34 Å². The molecule has 0 spiro atoms. The first-order valence-electron chi connectivity index (χ1n) is 11.5. The van der Waals surface area contributed by atoms with Crippen LogP contribution in [-0.2, 0) is 30.6 Å². The molecule has 15 nitrogen and oxygen atoms in total. The predicted octanol–water partition coefficient (Wildman–Crippen LogP) is 0.175. The zero-order valence-corrected chi connectivity index (χ0v) is 22.8. The Labute approximate surface area is 237 Å². The van der Waals surface area contributed by atoms with E-state index in [1.54, 1.807) is 16.8 Å². The van der Waals surface area contributed by atoms with Gasteiger partial charge < -0.3 is 31.1 Å². The van der Waals surface area contributed by atoms with Crippen LogP contribution in [0.1, 0.15) is 12.6 Å². The zero-order chi connectivity index (χ0) is 28.7. The third-order valence-electron chi connectivity index (χ3n) is 6.04. The topological polar surface area (TPSA) is 217 Å². The van der Waals surface area contributed by atoms with Gasteiger partial charge in [0.25, 0.3) is 11.8 Å². The molecule has 5 rings (SSSR count). The highest BCUT2D eigenvalue weighted by molar-refractivity contribution is 8.00. The lowest BCUT2D eigenvalue weighted by Gasteiger charge is -2.49. The fourth-order valence-corrected chi connectivity index (χ4v) is 6.41. The van der Waals surface area contributed by atoms with Crippen molar-refractivity contribution in [2.45, 2.75) is 31.0 Å². The summed E-state index contributed by atoms with van der Waals surface area (Å²) in [6.45, 7) is 1.39. The Morgan fingerprint density at radius 3 is 2.88 bits per heavy atom. The number of amides is 2. The van der Waals surface area contributed by atoms with Crippen molar-refractivity contribution in [3.05, 3.63) is 46.0 Å². The van der Waals surface area contributed by atoms with E-state index in [9.17, 15) is 24.3 Å². The molecule has 0 radical (unpaired) electrons. The number of carboxylic acids is 2. The minimum atomic E-state index is -1.40. The normalized spacial score (nSPS) is 19.7. The molecule has 1 unspecified atom stereocenters. The van der Waals surface area contributed by atoms with E-state index < -0.39 is 47.0 Å². The lowest BCUT2D eigenvalue weighted by molar-refractivity contribution is -0.664. The number of hydrogen-bond donors (Lipinski definition) is 5. The largest absolute Gasteiger partial charge is 0.478 e. The number of β-lactam (4-membered cyclic amide) rings is 1. The van der Waals surface area contributed by atoms with E-state index in [1.165, 1.54) is 25.0 Å². The van der Waals surface area contributed by atoms with Crippen molar-refractivity contribution < 1.29 is 38.8 Å². The molecule has 2 aliphatic heterocycles. The van der Waals surface area contributed by atoms with Crippen molar-refractivity contribution in [2.75, 3.05) is 11.5 Å². The number of carbonyl (C=O) groups is 4. The van der Waals surface area contributed by atoms with E-state index in [1.807, 2.05) is 6.07 Å². The fourth-order valence-electron chi connectivity index (χ4n) is 4.14. The Kier molecular flexibility index (Phi) is 7.35. The number of carboxylic acid groups (broad SMARTS) is 2. The number of H-pyrrole nitrogens is 1. The average molecular weight is 608 g/mol. The van der Waals surface area contributed by atoms with Crippen LogP contribution in [0.4, 0.5) is 5.13 Å². The van der Waals surface area contributed by atoms with Gasteiger partial charge in [0.2, 0.25) is 12.4 Å². The average Bonchev–Trinajstić information content (AvgIpc) is 3.53. The molecule has 208 valence electrons. The highest BCUT2D eigenvalue weighted by Crippen LogP contribution is 2.40. The number of imidazole rings is 1. The predicted molar refractivity (Wildman–Crippen MR) is 142 cm³/mol. The lowest BCUT2D eigenvalue weighted by atomic mass is 10.0. The molecule has 1 fully saturated rings. The van der Waals surface area contributed by atoms with Crippen LogP contribution >= 0.6 is 34.7 Å². The van der Waals surface area contributed by atoms with Gasteiger partial charge >= 0.3 is 17.6 Å². The van der Waals surface area contributed by atoms with Gasteiger partial charge in [0, 0.05) is 11.3 Å². The number of oxime groups is 1. The number of fused-ring (bicyclic) bond motifs is 2. The summed E-state index contributed by atoms with van der Waals surface area (Å²) in [6.07, 6.45) is 1.89. The molecular weight excluding hydrogens is 588 g/mol. The molecule has 1 saturated heterocycles. The molecule has 0 aliphatic carbocycles. The molecule has 5 heterocycles. The second-order valence-corrected chi connectivity index (χ2v) is 11.3. The highest BCUT2D eigenvalue weighted by atomic mass is 35.5. The maximum absolute atomic E-state index is 13.2. The number of carbonyl (C=O) groups excluding carboxylic acids is 2. The minimum absolute atomic E-state index is 0.00301. The number of hydrogen-bond acceptors (Lipinski definition) is 11. The Morgan fingerprint density at radius 1 is 1.43 bits per heavy atom. The van der Waals surface area contributed by atoms with Crippen molar-refractivity contribution in [1.82, 2.24) is 25.2 Å². The van der Waals surface area contributed by atoms with Gasteiger partial charge in [-0.15, -0.1) is 11.8 Å². The van der Waals surface area contributed by atoms with Crippen molar-refractivity contribution >= 4 is 80.5 Å². The van der Waals surface area contributed by atoms with Crippen molar-refractivity contribution in [3.8, 4) is 0 Å². The van der Waals surface area contributed by atoms with E-state index in [-0.39, 0.29) is 33.2 Å². The van der Waals surface area contributed by atoms with Crippen LogP contribution in [0.15, 0.2) is 41.1 Å². The molecule has 0 bridgehead atoms. The van der Waals surface area contributed by atoms with Gasteiger partial charge in [0.1, 0.15) is 39.2 Å². The number of thioether (sulfide) groups is 1. The molecule has 0 aromatic carbocycles. The second kappa shape index (κ2) is 10.7. The van der Waals surface area contributed by atoms with Gasteiger partial charge in [0.15, 0.2) is 10.8 Å². The summed E-state index contributed by atoms with van der Waals surface area (Å²) >= 11 is 8.27. The Balaban J connectivity index is 1.38. The zero-order valence-electron chi connectivity index (χ0n) is 20.4. The number of rotatable bonds is 9. The summed E-state index contributed by atoms with van der Waals surface area (Å²) in [5.74, 6) is -3.93. The summed E-state index contributed by atoms with van der Waals surface area (Å²) < 4.78 is 1.77. The summed E-state index contributed by atoms with van der Waals surface area (Å²) in [6, 6.07) is 2.53. The smallest absolute Gasteiger partial charge is 0.352 e. The standard InChI is InChI=1S/C22H19ClN8O7S2/c1-8(20(34)35)38-29-12(11-15(23)40-22(24)28-11)17(32)27-13-18(33)31-14(21(36)37)9(6-39-19(13)31)5-30-4-2-3-10-16(30)26-7-25-10/h2-4,7-8,13,19H,5-6H2,1H3,(H5,24,27,28,32,34,35,36,37)/p+1/b29-12-/t8-,13+,19?/m0/s1. The number of halogens is 1. The molecular formula is C22H20ClN8O7S2+. The number of aromatic amines is 1. The molecule has 3 aromatic heterocycles.